The molecule has 5 rings (SSSR count). The van der Waals surface area contributed by atoms with Crippen LogP contribution in [-0.2, 0) is 23.9 Å². The Kier molecular flexibility index (Phi) is 6.74. The second kappa shape index (κ2) is 10.0. The summed E-state index contributed by atoms with van der Waals surface area (Å²) in [5.41, 5.74) is 0.745. The number of rotatable bonds is 7. The summed E-state index contributed by atoms with van der Waals surface area (Å²) < 4.78 is 53.8. The fourth-order valence-electron chi connectivity index (χ4n) is 4.74. The highest BCUT2D eigenvalue weighted by molar-refractivity contribution is 6.06. The zero-order valence-corrected chi connectivity index (χ0v) is 20.5. The van der Waals surface area contributed by atoms with Gasteiger partial charge in [0.05, 0.1) is 11.4 Å². The van der Waals surface area contributed by atoms with Gasteiger partial charge in [0.25, 0.3) is 5.91 Å². The molecule has 12 heteroatoms. The Morgan fingerprint density at radius 2 is 1.92 bits per heavy atom. The zero-order valence-electron chi connectivity index (χ0n) is 20.5. The predicted octanol–water partition coefficient (Wildman–Crippen LogP) is 4.12. The van der Waals surface area contributed by atoms with Crippen LogP contribution in [0.4, 0.5) is 18.9 Å². The number of amides is 1. The molecule has 0 unspecified atom stereocenters. The Hall–Kier alpha value is -4.06. The van der Waals surface area contributed by atoms with Crippen molar-refractivity contribution in [2.75, 3.05) is 31.8 Å². The van der Waals surface area contributed by atoms with Gasteiger partial charge in [-0.3, -0.25) is 14.5 Å². The van der Waals surface area contributed by atoms with E-state index in [0.29, 0.717) is 54.5 Å². The summed E-state index contributed by atoms with van der Waals surface area (Å²) >= 11 is 0. The van der Waals surface area contributed by atoms with Gasteiger partial charge in [-0.1, -0.05) is 6.07 Å². The van der Waals surface area contributed by atoms with Crippen molar-refractivity contribution in [2.24, 2.45) is 0 Å². The third-order valence-corrected chi connectivity index (χ3v) is 6.66. The van der Waals surface area contributed by atoms with Crippen molar-refractivity contribution in [2.45, 2.75) is 32.0 Å². The van der Waals surface area contributed by atoms with Gasteiger partial charge in [-0.25, -0.2) is 4.68 Å². The molecule has 0 atom stereocenters. The van der Waals surface area contributed by atoms with E-state index in [2.05, 4.69) is 5.10 Å². The van der Waals surface area contributed by atoms with Gasteiger partial charge in [0, 0.05) is 55.9 Å². The van der Waals surface area contributed by atoms with Gasteiger partial charge in [0.1, 0.15) is 0 Å². The van der Waals surface area contributed by atoms with Crippen LogP contribution in [0.25, 0.3) is 5.69 Å². The second-order valence-electron chi connectivity index (χ2n) is 9.16. The van der Waals surface area contributed by atoms with E-state index >= 15 is 0 Å². The largest absolute Gasteiger partial charge is 0.481 e. The zero-order chi connectivity index (χ0) is 27.0. The van der Waals surface area contributed by atoms with E-state index in [9.17, 15) is 22.8 Å². The molecule has 0 saturated heterocycles. The Balaban J connectivity index is 1.42. The number of alkyl halides is 3. The summed E-state index contributed by atoms with van der Waals surface area (Å²) in [6, 6.07) is 11.5. The number of carboxylic acid groups (broad SMARTS) is 1. The summed E-state index contributed by atoms with van der Waals surface area (Å²) in [5.74, 6) is -0.186. The summed E-state index contributed by atoms with van der Waals surface area (Å²) in [6.07, 6.45) is -4.05. The third-order valence-electron chi connectivity index (χ3n) is 6.66. The molecule has 0 saturated carbocycles. The van der Waals surface area contributed by atoms with Gasteiger partial charge >= 0.3 is 12.1 Å². The lowest BCUT2D eigenvalue weighted by atomic mass is 10.0. The minimum Gasteiger partial charge on any atom is -0.481 e. The second-order valence-corrected chi connectivity index (χ2v) is 9.16. The Labute approximate surface area is 216 Å². The topological polar surface area (TPSA) is 97.1 Å². The van der Waals surface area contributed by atoms with Crippen LogP contribution in [0.1, 0.15) is 40.2 Å². The number of fused-ring (bicyclic) bond motifs is 2. The number of carbonyl (C=O) groups excluding carboxylic acids is 1. The molecule has 0 spiro atoms. The molecule has 3 heterocycles. The fourth-order valence-corrected chi connectivity index (χ4v) is 4.74. The van der Waals surface area contributed by atoms with Gasteiger partial charge in [0.2, 0.25) is 6.79 Å². The van der Waals surface area contributed by atoms with E-state index in [4.69, 9.17) is 14.6 Å². The van der Waals surface area contributed by atoms with Crippen LogP contribution in [0, 0.1) is 0 Å². The predicted molar refractivity (Wildman–Crippen MR) is 130 cm³/mol. The summed E-state index contributed by atoms with van der Waals surface area (Å²) in [5, 5.41) is 12.8. The standard InChI is InChI=1S/C26H25F3N4O5/c1-31(17-7-8-21-22(13-17)38-15-37-21)25(36)16-4-2-5-18(12-16)33-20-9-11-32(10-3-6-23(34)35)14-19(20)24(30-33)26(27,28)29/h2,4-5,7-8,12-13H,3,6,9-11,14-15H2,1H3,(H,34,35). The molecule has 0 aliphatic carbocycles. The van der Waals surface area contributed by atoms with E-state index in [0.717, 1.165) is 0 Å². The summed E-state index contributed by atoms with van der Waals surface area (Å²) in [4.78, 5) is 27.3. The fraction of sp³-hybridized carbons (Fsp3) is 0.346. The molecule has 1 amide bonds. The minimum atomic E-state index is -4.66. The van der Waals surface area contributed by atoms with Gasteiger partial charge in [-0.15, -0.1) is 0 Å². The SMILES string of the molecule is CN(C(=O)c1cccc(-n2nc(C(F)(F)F)c3c2CCN(CCCC(=O)O)C3)c1)c1ccc2c(c1)OCO2. The van der Waals surface area contributed by atoms with E-state index in [1.54, 1.807) is 43.4 Å². The average molecular weight is 531 g/mol. The van der Waals surface area contributed by atoms with Crippen molar-refractivity contribution in [3.8, 4) is 17.2 Å². The first kappa shape index (κ1) is 25.6. The first-order valence-corrected chi connectivity index (χ1v) is 12.0. The molecule has 0 bridgehead atoms. The van der Waals surface area contributed by atoms with Gasteiger partial charge in [0.15, 0.2) is 17.2 Å². The highest BCUT2D eigenvalue weighted by Crippen LogP contribution is 2.37. The van der Waals surface area contributed by atoms with Crippen molar-refractivity contribution in [3.63, 3.8) is 0 Å². The van der Waals surface area contributed by atoms with Gasteiger partial charge in [-0.05, 0) is 43.3 Å². The molecule has 38 heavy (non-hydrogen) atoms. The van der Waals surface area contributed by atoms with Crippen molar-refractivity contribution in [3.05, 3.63) is 65.0 Å². The molecule has 2 aromatic carbocycles. The quantitative estimate of drug-likeness (QED) is 0.491. The number of hydrogen-bond donors (Lipinski definition) is 1. The first-order chi connectivity index (χ1) is 18.1. The van der Waals surface area contributed by atoms with Crippen LogP contribution >= 0.6 is 0 Å². The lowest BCUT2D eigenvalue weighted by Crippen LogP contribution is -2.33. The van der Waals surface area contributed by atoms with Crippen LogP contribution in [0.2, 0.25) is 0 Å². The highest BCUT2D eigenvalue weighted by Gasteiger charge is 2.40. The number of carbonyl (C=O) groups is 2. The molecule has 2 aliphatic rings. The maximum absolute atomic E-state index is 13.9. The number of nitrogens with zero attached hydrogens (tertiary/aromatic N) is 4. The molecule has 9 nitrogen and oxygen atoms in total. The maximum atomic E-state index is 13.9. The summed E-state index contributed by atoms with van der Waals surface area (Å²) in [7, 11) is 1.60. The maximum Gasteiger partial charge on any atom is 0.435 e. The van der Waals surface area contributed by atoms with Crippen molar-refractivity contribution in [1.29, 1.82) is 0 Å². The monoisotopic (exact) mass is 530 g/mol. The van der Waals surface area contributed by atoms with Crippen molar-refractivity contribution < 1.29 is 37.3 Å². The molecular formula is C26H25F3N4O5. The van der Waals surface area contributed by atoms with Gasteiger partial charge < -0.3 is 19.5 Å². The van der Waals surface area contributed by atoms with Crippen LogP contribution < -0.4 is 14.4 Å². The lowest BCUT2D eigenvalue weighted by molar-refractivity contribution is -0.142. The Morgan fingerprint density at radius 3 is 2.68 bits per heavy atom. The summed E-state index contributed by atoms with van der Waals surface area (Å²) in [6.45, 7) is 0.980. The van der Waals surface area contributed by atoms with E-state index in [1.807, 2.05) is 4.90 Å². The van der Waals surface area contributed by atoms with E-state index in [1.165, 1.54) is 15.6 Å². The molecule has 200 valence electrons. The number of anilines is 1. The number of hydrogen-bond acceptors (Lipinski definition) is 6. The molecule has 3 aromatic rings. The molecular weight excluding hydrogens is 505 g/mol. The van der Waals surface area contributed by atoms with E-state index in [-0.39, 0.29) is 36.8 Å². The number of aromatic nitrogens is 2. The number of benzene rings is 2. The van der Waals surface area contributed by atoms with Crippen molar-refractivity contribution in [1.82, 2.24) is 14.7 Å². The first-order valence-electron chi connectivity index (χ1n) is 12.0. The molecule has 1 N–H and O–H groups in total. The van der Waals surface area contributed by atoms with Crippen LogP contribution in [-0.4, -0.2) is 58.6 Å². The number of aliphatic carboxylic acids is 1. The average Bonchev–Trinajstić information content (AvgIpc) is 3.51. The van der Waals surface area contributed by atoms with Gasteiger partial charge in [-0.2, -0.15) is 18.3 Å². The van der Waals surface area contributed by atoms with E-state index < -0.39 is 17.8 Å². The normalized spacial score (nSPS) is 14.8. The molecule has 1 aromatic heterocycles. The van der Waals surface area contributed by atoms with Crippen LogP contribution in [0.3, 0.4) is 0 Å². The molecule has 0 fully saturated rings. The number of halogens is 3. The smallest absolute Gasteiger partial charge is 0.435 e. The molecule has 0 radical (unpaired) electrons. The Bertz CT molecular complexity index is 1390. The Morgan fingerprint density at radius 1 is 1.13 bits per heavy atom. The highest BCUT2D eigenvalue weighted by atomic mass is 19.4. The van der Waals surface area contributed by atoms with Crippen LogP contribution in [0.5, 0.6) is 11.5 Å². The van der Waals surface area contributed by atoms with Crippen LogP contribution in [0.15, 0.2) is 42.5 Å². The molecule has 2 aliphatic heterocycles. The third kappa shape index (κ3) is 5.03. The minimum absolute atomic E-state index is 0.0231. The van der Waals surface area contributed by atoms with Crippen molar-refractivity contribution >= 4 is 17.6 Å². The number of ether oxygens (including phenoxy) is 2. The number of carboxylic acids is 1. The lowest BCUT2D eigenvalue weighted by Gasteiger charge is -2.27.